The highest BCUT2D eigenvalue weighted by Gasteiger charge is 2.24. The molecule has 0 amide bonds. The second kappa shape index (κ2) is 10.1. The highest BCUT2D eigenvalue weighted by Crippen LogP contribution is 2.32. The number of anilines is 1. The highest BCUT2D eigenvalue weighted by atomic mass is 32.1. The van der Waals surface area contributed by atoms with Crippen molar-refractivity contribution in [2.24, 2.45) is 0 Å². The van der Waals surface area contributed by atoms with E-state index in [9.17, 15) is 14.9 Å². The zero-order valence-corrected chi connectivity index (χ0v) is 17.3. The molecule has 9 heteroatoms. The Balaban J connectivity index is 1.62. The van der Waals surface area contributed by atoms with Crippen LogP contribution in [-0.4, -0.2) is 37.9 Å². The Morgan fingerprint density at radius 3 is 2.67 bits per heavy atom. The van der Waals surface area contributed by atoms with E-state index in [1.54, 1.807) is 31.2 Å². The van der Waals surface area contributed by atoms with Crippen LogP contribution in [0.25, 0.3) is 0 Å². The van der Waals surface area contributed by atoms with Gasteiger partial charge in [-0.2, -0.15) is 5.26 Å². The summed E-state index contributed by atoms with van der Waals surface area (Å²) in [6, 6.07) is 8.49. The number of carbonyl (C=O) groups is 2. The molecule has 1 aromatic heterocycles. The third-order valence-corrected chi connectivity index (χ3v) is 5.55. The molecule has 0 saturated carbocycles. The first-order chi connectivity index (χ1) is 14.5. The van der Waals surface area contributed by atoms with Crippen molar-refractivity contribution in [2.75, 3.05) is 25.6 Å². The number of nitrogens with two attached hydrogens (primary N) is 1. The normalized spacial score (nSPS) is 15.4. The molecular weight excluding hydrogens is 408 g/mol. The summed E-state index contributed by atoms with van der Waals surface area (Å²) in [5, 5.41) is 9.51. The Labute approximate surface area is 178 Å². The third-order valence-electron chi connectivity index (χ3n) is 4.50. The van der Waals surface area contributed by atoms with Gasteiger partial charge in [0.15, 0.2) is 0 Å². The molecule has 158 valence electrons. The number of hydrogen-bond acceptors (Lipinski definition) is 9. The molecule has 0 radical (unpaired) electrons. The van der Waals surface area contributed by atoms with Gasteiger partial charge in [0.05, 0.1) is 23.8 Å². The number of nitrogen functional groups attached to an aromatic ring is 1. The van der Waals surface area contributed by atoms with Gasteiger partial charge in [0, 0.05) is 12.2 Å². The van der Waals surface area contributed by atoms with Crippen molar-refractivity contribution in [2.45, 2.75) is 32.5 Å². The van der Waals surface area contributed by atoms with Crippen molar-refractivity contribution in [3.05, 3.63) is 45.8 Å². The Kier molecular flexibility index (Phi) is 7.27. The summed E-state index contributed by atoms with van der Waals surface area (Å²) in [6.07, 6.45) is 2.13. The van der Waals surface area contributed by atoms with Gasteiger partial charge in [-0.05, 0) is 44.0 Å². The van der Waals surface area contributed by atoms with Gasteiger partial charge in [-0.3, -0.25) is 0 Å². The van der Waals surface area contributed by atoms with Gasteiger partial charge >= 0.3 is 11.9 Å². The second-order valence-corrected chi connectivity index (χ2v) is 7.58. The van der Waals surface area contributed by atoms with E-state index in [0.29, 0.717) is 17.9 Å². The minimum atomic E-state index is -0.602. The first kappa shape index (κ1) is 21.6. The summed E-state index contributed by atoms with van der Waals surface area (Å²) in [6.45, 7) is 2.82. The largest absolute Gasteiger partial charge is 0.491 e. The maximum atomic E-state index is 12.4. The molecule has 0 bridgehead atoms. The summed E-state index contributed by atoms with van der Waals surface area (Å²) in [5.41, 5.74) is 6.51. The summed E-state index contributed by atoms with van der Waals surface area (Å²) in [5.74, 6) is -0.567. The Morgan fingerprint density at radius 1 is 1.27 bits per heavy atom. The molecule has 1 saturated heterocycles. The van der Waals surface area contributed by atoms with Crippen LogP contribution in [0.4, 0.5) is 5.00 Å². The number of nitriles is 1. The maximum absolute atomic E-state index is 12.4. The van der Waals surface area contributed by atoms with Gasteiger partial charge in [-0.1, -0.05) is 0 Å². The van der Waals surface area contributed by atoms with Crippen LogP contribution in [0.1, 0.15) is 50.9 Å². The number of carbonyl (C=O) groups excluding carboxylic acids is 2. The predicted molar refractivity (Wildman–Crippen MR) is 109 cm³/mol. The van der Waals surface area contributed by atoms with Crippen LogP contribution in [0, 0.1) is 11.3 Å². The molecule has 0 unspecified atom stereocenters. The van der Waals surface area contributed by atoms with E-state index in [1.807, 2.05) is 6.07 Å². The SMILES string of the molecule is CCOC(=O)c1sc(N)c(C#N)c1COC(=O)c1ccc(OC[C@@H]2CCCO2)cc1. The monoisotopic (exact) mass is 430 g/mol. The number of esters is 2. The third kappa shape index (κ3) is 5.09. The van der Waals surface area contributed by atoms with E-state index < -0.39 is 11.9 Å². The van der Waals surface area contributed by atoms with Crippen LogP contribution in [0.5, 0.6) is 5.75 Å². The van der Waals surface area contributed by atoms with Crippen molar-refractivity contribution in [3.63, 3.8) is 0 Å². The first-order valence-corrected chi connectivity index (χ1v) is 10.3. The molecule has 2 aromatic rings. The maximum Gasteiger partial charge on any atom is 0.348 e. The molecule has 3 rings (SSSR count). The molecule has 1 fully saturated rings. The Morgan fingerprint density at radius 2 is 2.03 bits per heavy atom. The lowest BCUT2D eigenvalue weighted by Crippen LogP contribution is -2.16. The lowest BCUT2D eigenvalue weighted by molar-refractivity contribution is 0.0452. The standard InChI is InChI=1S/C21H22N2O6S/c1-2-26-21(25)18-17(16(10-22)19(23)30-18)12-29-20(24)13-5-7-14(8-6-13)28-11-15-4-3-9-27-15/h5-8,15H,2-4,9,11-12,23H2,1H3/t15-/m0/s1. The average Bonchev–Trinajstić information content (AvgIpc) is 3.38. The van der Waals surface area contributed by atoms with Gasteiger partial charge in [0.2, 0.25) is 0 Å². The Bertz CT molecular complexity index is 942. The second-order valence-electron chi connectivity index (χ2n) is 6.53. The molecule has 0 aliphatic carbocycles. The van der Waals surface area contributed by atoms with E-state index in [1.165, 1.54) is 0 Å². The highest BCUT2D eigenvalue weighted by molar-refractivity contribution is 7.18. The van der Waals surface area contributed by atoms with Gasteiger partial charge < -0.3 is 24.7 Å². The van der Waals surface area contributed by atoms with E-state index in [2.05, 4.69) is 0 Å². The lowest BCUT2D eigenvalue weighted by atomic mass is 10.1. The van der Waals surface area contributed by atoms with E-state index in [4.69, 9.17) is 24.7 Å². The van der Waals surface area contributed by atoms with Crippen molar-refractivity contribution in [1.29, 1.82) is 5.26 Å². The van der Waals surface area contributed by atoms with Crippen LogP contribution >= 0.6 is 11.3 Å². The smallest absolute Gasteiger partial charge is 0.348 e. The van der Waals surface area contributed by atoms with Gasteiger partial charge in [0.1, 0.15) is 34.9 Å². The fraction of sp³-hybridized carbons (Fsp3) is 0.381. The topological polar surface area (TPSA) is 121 Å². The average molecular weight is 430 g/mol. The minimum Gasteiger partial charge on any atom is -0.491 e. The van der Waals surface area contributed by atoms with Crippen molar-refractivity contribution in [1.82, 2.24) is 0 Å². The van der Waals surface area contributed by atoms with Gasteiger partial charge in [-0.25, -0.2) is 9.59 Å². The fourth-order valence-electron chi connectivity index (χ4n) is 2.98. The van der Waals surface area contributed by atoms with Crippen LogP contribution in [-0.2, 0) is 20.8 Å². The number of ether oxygens (including phenoxy) is 4. The Hall–Kier alpha value is -3.09. The summed E-state index contributed by atoms with van der Waals surface area (Å²) in [7, 11) is 0. The molecule has 30 heavy (non-hydrogen) atoms. The number of thiophene rings is 1. The molecule has 1 aliphatic heterocycles. The molecule has 1 atom stereocenters. The van der Waals surface area contributed by atoms with Gasteiger partial charge in [-0.15, -0.1) is 11.3 Å². The number of benzene rings is 1. The minimum absolute atomic E-state index is 0.107. The predicted octanol–water partition coefficient (Wildman–Crippen LogP) is 3.29. The van der Waals surface area contributed by atoms with E-state index >= 15 is 0 Å². The number of rotatable bonds is 8. The molecule has 1 aromatic carbocycles. The molecule has 8 nitrogen and oxygen atoms in total. The number of nitrogens with zero attached hydrogens (tertiary/aromatic N) is 1. The van der Waals surface area contributed by atoms with Crippen LogP contribution in [0.15, 0.2) is 24.3 Å². The van der Waals surface area contributed by atoms with Crippen LogP contribution in [0.3, 0.4) is 0 Å². The first-order valence-electron chi connectivity index (χ1n) is 9.53. The van der Waals surface area contributed by atoms with E-state index in [0.717, 1.165) is 30.8 Å². The fourth-order valence-corrected chi connectivity index (χ4v) is 3.90. The van der Waals surface area contributed by atoms with Crippen LogP contribution < -0.4 is 10.5 Å². The van der Waals surface area contributed by atoms with E-state index in [-0.39, 0.29) is 40.3 Å². The zero-order chi connectivity index (χ0) is 21.5. The molecule has 2 N–H and O–H groups in total. The number of hydrogen-bond donors (Lipinski definition) is 1. The lowest BCUT2D eigenvalue weighted by Gasteiger charge is -2.11. The summed E-state index contributed by atoms with van der Waals surface area (Å²) < 4.78 is 21.5. The zero-order valence-electron chi connectivity index (χ0n) is 16.5. The van der Waals surface area contributed by atoms with Gasteiger partial charge in [0.25, 0.3) is 0 Å². The molecule has 2 heterocycles. The van der Waals surface area contributed by atoms with Crippen molar-refractivity contribution >= 4 is 28.3 Å². The summed E-state index contributed by atoms with van der Waals surface area (Å²) in [4.78, 5) is 24.7. The quantitative estimate of drug-likeness (QED) is 0.633. The molecular formula is C21H22N2O6S. The molecule has 1 aliphatic rings. The van der Waals surface area contributed by atoms with Crippen LogP contribution in [0.2, 0.25) is 0 Å². The summed E-state index contributed by atoms with van der Waals surface area (Å²) >= 11 is 0.942. The molecule has 0 spiro atoms. The van der Waals surface area contributed by atoms with Crippen molar-refractivity contribution in [3.8, 4) is 11.8 Å². The van der Waals surface area contributed by atoms with Crippen molar-refractivity contribution < 1.29 is 28.5 Å².